The van der Waals surface area contributed by atoms with E-state index in [2.05, 4.69) is 37.4 Å². The fourth-order valence-corrected chi connectivity index (χ4v) is 4.84. The first-order valence-electron chi connectivity index (χ1n) is 10.8. The molecular formula is C24H29ClIN4O5PS. The molecule has 3 rings (SSSR count). The summed E-state index contributed by atoms with van der Waals surface area (Å²) in [6.07, 6.45) is 4.61. The van der Waals surface area contributed by atoms with Crippen LogP contribution >= 0.6 is 51.8 Å². The Hall–Kier alpha value is -1.92. The molecular weight excluding hydrogens is 650 g/mol. The van der Waals surface area contributed by atoms with Crippen LogP contribution in [0.4, 0.5) is 5.69 Å². The maximum Gasteiger partial charge on any atom is 0.257 e. The van der Waals surface area contributed by atoms with E-state index in [-0.39, 0.29) is 18.1 Å². The summed E-state index contributed by atoms with van der Waals surface area (Å²) >= 11 is 10.1. The van der Waals surface area contributed by atoms with E-state index in [1.165, 1.54) is 24.9 Å². The van der Waals surface area contributed by atoms with Crippen LogP contribution in [0.3, 0.4) is 0 Å². The van der Waals surface area contributed by atoms with Gasteiger partial charge in [-0.25, -0.2) is 9.44 Å². The average molecular weight is 679 g/mol. The average Bonchev–Trinajstić information content (AvgIpc) is 3.32. The number of methoxy groups -OCH3 is 2. The Balaban J connectivity index is 0.000000717. The number of rotatable bonds is 7. The van der Waals surface area contributed by atoms with Gasteiger partial charge < -0.3 is 19.5 Å². The van der Waals surface area contributed by atoms with E-state index >= 15 is 0 Å². The lowest BCUT2D eigenvalue weighted by Gasteiger charge is -2.14. The van der Waals surface area contributed by atoms with Gasteiger partial charge in [-0.05, 0) is 79.4 Å². The Morgan fingerprint density at radius 2 is 1.97 bits per heavy atom. The minimum atomic E-state index is -0.371. The van der Waals surface area contributed by atoms with E-state index in [0.29, 0.717) is 45.6 Å². The van der Waals surface area contributed by atoms with Gasteiger partial charge in [0.2, 0.25) is 0 Å². The number of fused-ring (bicyclic) bond motifs is 1. The van der Waals surface area contributed by atoms with Crippen LogP contribution in [0.1, 0.15) is 31.1 Å². The largest absolute Gasteiger partial charge is 0.493 e. The van der Waals surface area contributed by atoms with Crippen LogP contribution in [0.2, 0.25) is 5.02 Å². The summed E-state index contributed by atoms with van der Waals surface area (Å²) in [7, 11) is 3.17. The van der Waals surface area contributed by atoms with Crippen molar-refractivity contribution in [3.63, 3.8) is 0 Å². The van der Waals surface area contributed by atoms with Crippen LogP contribution in [0, 0.1) is 0 Å². The van der Waals surface area contributed by atoms with Crippen molar-refractivity contribution in [3.05, 3.63) is 47.1 Å². The molecule has 0 aliphatic heterocycles. The molecule has 0 aliphatic carbocycles. The number of carbonyl (C=O) groups is 2. The number of benzene rings is 2. The molecule has 0 fully saturated rings. The smallest absolute Gasteiger partial charge is 0.257 e. The van der Waals surface area contributed by atoms with Crippen LogP contribution < -0.4 is 14.8 Å². The molecule has 2 aromatic carbocycles. The highest BCUT2D eigenvalue weighted by Crippen LogP contribution is 2.37. The van der Waals surface area contributed by atoms with E-state index in [1.54, 1.807) is 37.8 Å². The van der Waals surface area contributed by atoms with Gasteiger partial charge in [0.05, 0.1) is 41.5 Å². The summed E-state index contributed by atoms with van der Waals surface area (Å²) in [4.78, 5) is 27.8. The Kier molecular flexibility index (Phi) is 12.6. The summed E-state index contributed by atoms with van der Waals surface area (Å²) in [5, 5.41) is 8.75. The highest BCUT2D eigenvalue weighted by Gasteiger charge is 2.15. The lowest BCUT2D eigenvalue weighted by molar-refractivity contribution is -0.109. The first kappa shape index (κ1) is 31.3. The number of amides is 1. The van der Waals surface area contributed by atoms with E-state index in [1.807, 2.05) is 31.3 Å². The van der Waals surface area contributed by atoms with Gasteiger partial charge in [0.25, 0.3) is 5.91 Å². The van der Waals surface area contributed by atoms with Gasteiger partial charge in [-0.2, -0.15) is 5.10 Å². The second-order valence-corrected chi connectivity index (χ2v) is 11.4. The first-order valence-corrected chi connectivity index (χ1v) is 16.5. The zero-order valence-corrected chi connectivity index (χ0v) is 26.0. The van der Waals surface area contributed by atoms with Crippen molar-refractivity contribution in [1.82, 2.24) is 14.9 Å². The predicted octanol–water partition coefficient (Wildman–Crippen LogP) is 6.28. The van der Waals surface area contributed by atoms with Gasteiger partial charge in [0.1, 0.15) is 6.61 Å². The Morgan fingerprint density at radius 3 is 2.54 bits per heavy atom. The van der Waals surface area contributed by atoms with Gasteiger partial charge in [0.15, 0.2) is 23.0 Å². The Bertz CT molecular complexity index is 1270. The number of aliphatic imine (C=N–C) groups is 1. The van der Waals surface area contributed by atoms with Crippen molar-refractivity contribution in [2.24, 2.45) is 4.99 Å². The molecule has 0 bridgehead atoms. The number of nitrogens with one attached hydrogen (secondary N) is 1. The van der Waals surface area contributed by atoms with Crippen molar-refractivity contribution in [2.45, 2.75) is 26.4 Å². The number of hydrogen-bond donors (Lipinski definition) is 1. The third-order valence-electron chi connectivity index (χ3n) is 4.73. The minimum Gasteiger partial charge on any atom is -0.493 e. The van der Waals surface area contributed by atoms with E-state index in [0.717, 1.165) is 10.9 Å². The quantitative estimate of drug-likeness (QED) is 0.103. The van der Waals surface area contributed by atoms with Gasteiger partial charge in [-0.15, -0.1) is 0 Å². The number of aldehydes is 1. The van der Waals surface area contributed by atoms with Crippen LogP contribution in [-0.4, -0.2) is 59.6 Å². The number of nitrogens with zero attached hydrogens (tertiary/aromatic N) is 3. The third-order valence-corrected chi connectivity index (χ3v) is 7.59. The van der Waals surface area contributed by atoms with Gasteiger partial charge in [-0.3, -0.25) is 9.59 Å². The molecule has 0 saturated carbocycles. The second kappa shape index (κ2) is 14.9. The fourth-order valence-electron chi connectivity index (χ4n) is 2.67. The Morgan fingerprint density at radius 1 is 1.27 bits per heavy atom. The maximum absolute atomic E-state index is 12.7. The predicted molar refractivity (Wildman–Crippen MR) is 162 cm³/mol. The van der Waals surface area contributed by atoms with E-state index in [4.69, 9.17) is 25.8 Å². The third kappa shape index (κ3) is 9.10. The van der Waals surface area contributed by atoms with Gasteiger partial charge in [0, 0.05) is 18.1 Å². The molecule has 9 nitrogen and oxygen atoms in total. The number of hydrogen-bond acceptors (Lipinski definition) is 8. The topological polar surface area (TPSA) is 104 Å². The number of aromatic nitrogens is 2. The normalized spacial score (nSPS) is 11.8. The van der Waals surface area contributed by atoms with Crippen molar-refractivity contribution >= 4 is 85.7 Å². The van der Waals surface area contributed by atoms with Gasteiger partial charge >= 0.3 is 0 Å². The van der Waals surface area contributed by atoms with Crippen molar-refractivity contribution < 1.29 is 23.8 Å². The summed E-state index contributed by atoms with van der Waals surface area (Å²) in [5.41, 5.74) is 1.85. The van der Waals surface area contributed by atoms with Crippen molar-refractivity contribution in [3.8, 4) is 11.5 Å². The molecule has 1 aromatic heterocycles. The minimum absolute atomic E-state index is 0.0417. The van der Waals surface area contributed by atoms with Crippen LogP contribution in [0.25, 0.3) is 10.9 Å². The van der Waals surface area contributed by atoms with Crippen LogP contribution in [0.15, 0.2) is 41.5 Å². The van der Waals surface area contributed by atoms with Crippen LogP contribution in [0.5, 0.6) is 11.5 Å². The SMILES string of the molecule is COC(C)(C)C.COc1cc(C(=O)NC(=Nc2ccc3c(cnn3PI)c2Cl)SC)ccc1OCC=O. The molecule has 200 valence electrons. The van der Waals surface area contributed by atoms with E-state index < -0.39 is 0 Å². The maximum atomic E-state index is 12.7. The summed E-state index contributed by atoms with van der Waals surface area (Å²) in [6.45, 7) is 5.96. The molecule has 1 heterocycles. The number of halogens is 2. The lowest BCUT2D eigenvalue weighted by Crippen LogP contribution is -2.28. The zero-order chi connectivity index (χ0) is 27.6. The highest BCUT2D eigenvalue weighted by atomic mass is 127. The zero-order valence-electron chi connectivity index (χ0n) is 21.3. The molecule has 0 saturated heterocycles. The number of thioether (sulfide) groups is 1. The fraction of sp³-hybridized carbons (Fsp3) is 0.333. The molecule has 0 aliphatic rings. The second-order valence-electron chi connectivity index (χ2n) is 8.21. The molecule has 0 radical (unpaired) electrons. The molecule has 37 heavy (non-hydrogen) atoms. The molecule has 13 heteroatoms. The molecule has 3 aromatic rings. The highest BCUT2D eigenvalue weighted by molar-refractivity contribution is 14.2. The molecule has 1 N–H and O–H groups in total. The number of carbonyl (C=O) groups excluding carboxylic acids is 2. The van der Waals surface area contributed by atoms with Crippen molar-refractivity contribution in [2.75, 3.05) is 27.1 Å². The summed E-state index contributed by atoms with van der Waals surface area (Å²) in [6, 6.07) is 8.38. The van der Waals surface area contributed by atoms with Crippen LogP contribution in [-0.2, 0) is 9.53 Å². The number of ether oxygens (including phenoxy) is 3. The number of amidine groups is 1. The summed E-state index contributed by atoms with van der Waals surface area (Å²) < 4.78 is 17.3. The first-order chi connectivity index (χ1) is 17.6. The summed E-state index contributed by atoms with van der Waals surface area (Å²) in [5.74, 6) is 0.348. The van der Waals surface area contributed by atoms with Gasteiger partial charge in [-0.1, -0.05) is 23.4 Å². The van der Waals surface area contributed by atoms with Crippen molar-refractivity contribution in [1.29, 1.82) is 0 Å². The lowest BCUT2D eigenvalue weighted by atomic mass is 10.2. The molecule has 1 amide bonds. The molecule has 1 atom stereocenters. The monoisotopic (exact) mass is 678 g/mol. The van der Waals surface area contributed by atoms with E-state index in [9.17, 15) is 9.59 Å². The standard InChI is InChI=1S/C19H17ClIN4O4PS.C5H12O/c1-28-16-9-11(3-6-15(16)29-8-7-26)18(27)24-19(31-2)23-13-4-5-14-12(17(13)20)10-22-25(14)30-21;1-5(2,3)6-4/h3-7,9-10,30H,8H2,1-2H3,(H,23,24,27);1-4H3. The molecule has 1 unspecified atom stereocenters. The molecule has 0 spiro atoms. The Labute approximate surface area is 240 Å².